The Morgan fingerprint density at radius 2 is 2.05 bits per heavy atom. The summed E-state index contributed by atoms with van der Waals surface area (Å²) >= 11 is 1.46. The highest BCUT2D eigenvalue weighted by molar-refractivity contribution is 8.13. The van der Waals surface area contributed by atoms with Gasteiger partial charge in [0.25, 0.3) is 0 Å². The van der Waals surface area contributed by atoms with E-state index in [1.807, 2.05) is 30.3 Å². The van der Waals surface area contributed by atoms with Crippen LogP contribution in [0.2, 0.25) is 0 Å². The van der Waals surface area contributed by atoms with Gasteiger partial charge in [-0.05, 0) is 11.6 Å². The number of pyridine rings is 1. The lowest BCUT2D eigenvalue weighted by Gasteiger charge is -1.99. The van der Waals surface area contributed by atoms with Crippen LogP contribution in [0, 0.1) is 0 Å². The summed E-state index contributed by atoms with van der Waals surface area (Å²) in [6.07, 6.45) is 5.06. The van der Waals surface area contributed by atoms with Crippen molar-refractivity contribution in [3.05, 3.63) is 66.0 Å². The van der Waals surface area contributed by atoms with Gasteiger partial charge in [-0.15, -0.1) is 5.10 Å². The maximum absolute atomic E-state index is 5.77. The van der Waals surface area contributed by atoms with Gasteiger partial charge in [-0.2, -0.15) is 5.10 Å². The van der Waals surface area contributed by atoms with Crippen LogP contribution in [0.3, 0.4) is 0 Å². The number of hydrogen-bond donors (Lipinski definition) is 1. The maximum atomic E-state index is 5.77. The number of nitrogens with two attached hydrogens (primary N) is 1. The van der Waals surface area contributed by atoms with Gasteiger partial charge >= 0.3 is 0 Å². The molecule has 0 aliphatic carbocycles. The van der Waals surface area contributed by atoms with E-state index in [0.29, 0.717) is 5.17 Å². The summed E-state index contributed by atoms with van der Waals surface area (Å²) in [6, 6.07) is 13.9. The van der Waals surface area contributed by atoms with E-state index in [-0.39, 0.29) is 0 Å². The monoisotopic (exact) mass is 270 g/mol. The lowest BCUT2D eigenvalue weighted by atomic mass is 10.2. The summed E-state index contributed by atoms with van der Waals surface area (Å²) in [5.41, 5.74) is 7.87. The van der Waals surface area contributed by atoms with Gasteiger partial charge in [0.1, 0.15) is 0 Å². The SMILES string of the molecule is N/C(=N/N=C/c1cccnc1)SCc1ccccc1. The first-order valence-corrected chi connectivity index (χ1v) is 6.76. The minimum atomic E-state index is 0.448. The molecule has 1 aromatic carbocycles. The normalized spacial score (nSPS) is 11.9. The van der Waals surface area contributed by atoms with Crippen LogP contribution < -0.4 is 5.73 Å². The smallest absolute Gasteiger partial charge is 0.180 e. The van der Waals surface area contributed by atoms with Crippen LogP contribution in [0.25, 0.3) is 0 Å². The molecule has 0 saturated heterocycles. The quantitative estimate of drug-likeness (QED) is 0.528. The lowest BCUT2D eigenvalue weighted by molar-refractivity contribution is 1.24. The first kappa shape index (κ1) is 13.3. The maximum Gasteiger partial charge on any atom is 0.180 e. The van der Waals surface area contributed by atoms with E-state index in [9.17, 15) is 0 Å². The average Bonchev–Trinajstić information content (AvgIpc) is 2.47. The molecule has 1 aromatic heterocycles. The molecule has 0 unspecified atom stereocenters. The standard InChI is InChI=1S/C14H14N4S/c15-14(19-11-12-5-2-1-3-6-12)18-17-10-13-7-4-8-16-9-13/h1-10H,11H2,(H2,15,18)/b17-10+. The third kappa shape index (κ3) is 4.93. The Bertz CT molecular complexity index is 552. The van der Waals surface area contributed by atoms with Crippen LogP contribution in [-0.2, 0) is 5.75 Å². The third-order valence-electron chi connectivity index (χ3n) is 2.28. The van der Waals surface area contributed by atoms with E-state index in [0.717, 1.165) is 11.3 Å². The first-order valence-electron chi connectivity index (χ1n) is 5.78. The van der Waals surface area contributed by atoms with E-state index in [2.05, 4.69) is 27.3 Å². The van der Waals surface area contributed by atoms with Crippen LogP contribution in [0.5, 0.6) is 0 Å². The zero-order valence-electron chi connectivity index (χ0n) is 10.3. The summed E-state index contributed by atoms with van der Waals surface area (Å²) < 4.78 is 0. The molecule has 1 heterocycles. The highest BCUT2D eigenvalue weighted by atomic mass is 32.2. The van der Waals surface area contributed by atoms with Gasteiger partial charge < -0.3 is 5.73 Å². The molecule has 19 heavy (non-hydrogen) atoms. The molecule has 5 heteroatoms. The molecular weight excluding hydrogens is 256 g/mol. The number of hydrogen-bond acceptors (Lipinski definition) is 4. The predicted molar refractivity (Wildman–Crippen MR) is 81.2 cm³/mol. The van der Waals surface area contributed by atoms with E-state index in [1.54, 1.807) is 18.6 Å². The molecule has 0 fully saturated rings. The summed E-state index contributed by atoms with van der Waals surface area (Å²) in [6.45, 7) is 0. The van der Waals surface area contributed by atoms with Crippen LogP contribution in [0.4, 0.5) is 0 Å². The van der Waals surface area contributed by atoms with Gasteiger partial charge in [0.05, 0.1) is 6.21 Å². The van der Waals surface area contributed by atoms with Crippen molar-refractivity contribution in [3.8, 4) is 0 Å². The first-order chi connectivity index (χ1) is 9.34. The molecule has 2 aromatic rings. The summed E-state index contributed by atoms with van der Waals surface area (Å²) in [5.74, 6) is 0.790. The molecular formula is C14H14N4S. The summed E-state index contributed by atoms with van der Waals surface area (Å²) in [4.78, 5) is 3.98. The van der Waals surface area contributed by atoms with E-state index >= 15 is 0 Å². The average molecular weight is 270 g/mol. The van der Waals surface area contributed by atoms with Crippen LogP contribution in [-0.4, -0.2) is 16.4 Å². The van der Waals surface area contributed by atoms with Gasteiger partial charge in [0.15, 0.2) is 5.17 Å². The second-order valence-corrected chi connectivity index (χ2v) is 4.74. The molecule has 4 nitrogen and oxygen atoms in total. The predicted octanol–water partition coefficient (Wildman–Crippen LogP) is 2.66. The zero-order valence-corrected chi connectivity index (χ0v) is 11.1. The van der Waals surface area contributed by atoms with Crippen LogP contribution >= 0.6 is 11.8 Å². The fourth-order valence-corrected chi connectivity index (χ4v) is 1.98. The van der Waals surface area contributed by atoms with Crippen molar-refractivity contribution in [1.29, 1.82) is 0 Å². The minimum Gasteiger partial charge on any atom is -0.377 e. The van der Waals surface area contributed by atoms with E-state index < -0.39 is 0 Å². The van der Waals surface area contributed by atoms with Crippen molar-refractivity contribution in [2.24, 2.45) is 15.9 Å². The molecule has 0 radical (unpaired) electrons. The number of benzene rings is 1. The lowest BCUT2D eigenvalue weighted by Crippen LogP contribution is -2.05. The number of aromatic nitrogens is 1. The molecule has 0 aliphatic heterocycles. The highest BCUT2D eigenvalue weighted by Gasteiger charge is 1.95. The van der Waals surface area contributed by atoms with Crippen molar-refractivity contribution < 1.29 is 0 Å². The molecule has 0 bridgehead atoms. The Morgan fingerprint density at radius 1 is 1.21 bits per heavy atom. The Morgan fingerprint density at radius 3 is 2.79 bits per heavy atom. The van der Waals surface area contributed by atoms with Gasteiger partial charge in [0.2, 0.25) is 0 Å². The zero-order chi connectivity index (χ0) is 13.3. The summed E-state index contributed by atoms with van der Waals surface area (Å²) in [7, 11) is 0. The van der Waals surface area contributed by atoms with Gasteiger partial charge in [0, 0.05) is 23.7 Å². The number of nitrogens with zero attached hydrogens (tertiary/aromatic N) is 3. The molecule has 0 amide bonds. The molecule has 0 atom stereocenters. The second kappa shape index (κ2) is 7.33. The van der Waals surface area contributed by atoms with Crippen LogP contribution in [0.1, 0.15) is 11.1 Å². The van der Waals surface area contributed by atoms with Crippen molar-refractivity contribution >= 4 is 23.1 Å². The van der Waals surface area contributed by atoms with Crippen molar-refractivity contribution in [2.45, 2.75) is 5.75 Å². The van der Waals surface area contributed by atoms with Gasteiger partial charge in [-0.1, -0.05) is 48.2 Å². The largest absolute Gasteiger partial charge is 0.377 e. The van der Waals surface area contributed by atoms with Crippen molar-refractivity contribution in [1.82, 2.24) is 4.98 Å². The van der Waals surface area contributed by atoms with E-state index in [1.165, 1.54) is 17.3 Å². The van der Waals surface area contributed by atoms with Gasteiger partial charge in [-0.3, -0.25) is 4.98 Å². The van der Waals surface area contributed by atoms with Crippen molar-refractivity contribution in [2.75, 3.05) is 0 Å². The Balaban J connectivity index is 1.85. The number of thioether (sulfide) groups is 1. The Labute approximate surface area is 116 Å². The Hall–Kier alpha value is -2.14. The topological polar surface area (TPSA) is 63.6 Å². The van der Waals surface area contributed by atoms with Gasteiger partial charge in [-0.25, -0.2) is 0 Å². The highest BCUT2D eigenvalue weighted by Crippen LogP contribution is 2.11. The number of amidine groups is 1. The molecule has 96 valence electrons. The van der Waals surface area contributed by atoms with Crippen LogP contribution in [0.15, 0.2) is 65.1 Å². The van der Waals surface area contributed by atoms with E-state index in [4.69, 9.17) is 5.73 Å². The number of rotatable bonds is 4. The van der Waals surface area contributed by atoms with Crippen molar-refractivity contribution in [3.63, 3.8) is 0 Å². The summed E-state index contributed by atoms with van der Waals surface area (Å²) in [5, 5.41) is 8.31. The molecule has 0 spiro atoms. The fraction of sp³-hybridized carbons (Fsp3) is 0.0714. The second-order valence-electron chi connectivity index (χ2n) is 3.74. The Kier molecular flexibility index (Phi) is 5.13. The minimum absolute atomic E-state index is 0.448. The molecule has 2 rings (SSSR count). The fourth-order valence-electron chi connectivity index (χ4n) is 1.37. The molecule has 2 N–H and O–H groups in total. The third-order valence-corrected chi connectivity index (χ3v) is 3.13. The molecule has 0 saturated carbocycles. The molecule has 0 aliphatic rings.